The quantitative estimate of drug-likeness (QED) is 0.781. The van der Waals surface area contributed by atoms with Crippen molar-refractivity contribution < 1.29 is 14.0 Å². The number of nitrogens with one attached hydrogen (secondary N) is 1. The highest BCUT2D eigenvalue weighted by Crippen LogP contribution is 2.37. The second-order valence-electron chi connectivity index (χ2n) is 6.58. The molecule has 22 heavy (non-hydrogen) atoms. The average Bonchev–Trinajstić information content (AvgIpc) is 2.71. The van der Waals surface area contributed by atoms with Crippen molar-refractivity contribution in [2.24, 2.45) is 5.73 Å². The lowest BCUT2D eigenvalue weighted by atomic mass is 9.79. The molecule has 5 nitrogen and oxygen atoms in total. The summed E-state index contributed by atoms with van der Waals surface area (Å²) in [4.78, 5) is 0. The van der Waals surface area contributed by atoms with Crippen LogP contribution in [-0.4, -0.2) is 37.1 Å². The van der Waals surface area contributed by atoms with Gasteiger partial charge in [0.2, 0.25) is 0 Å². The molecule has 0 aromatic heterocycles. The SMILES string of the molecule is CC.CC1(C)OB(C(N)/C=C\NC2CCCCO2)OC1(C)C. The molecule has 128 valence electrons. The molecule has 2 saturated heterocycles. The van der Waals surface area contributed by atoms with Gasteiger partial charge in [-0.15, -0.1) is 0 Å². The Morgan fingerprint density at radius 2 is 1.73 bits per heavy atom. The average molecular weight is 312 g/mol. The number of hydrogen-bond acceptors (Lipinski definition) is 5. The molecule has 0 saturated carbocycles. The molecule has 2 heterocycles. The van der Waals surface area contributed by atoms with Crippen LogP contribution in [0.15, 0.2) is 12.3 Å². The molecular weight excluding hydrogens is 279 g/mol. The van der Waals surface area contributed by atoms with E-state index >= 15 is 0 Å². The minimum Gasteiger partial charge on any atom is -0.402 e. The predicted molar refractivity (Wildman–Crippen MR) is 91.3 cm³/mol. The summed E-state index contributed by atoms with van der Waals surface area (Å²) in [5.41, 5.74) is 5.43. The Balaban J connectivity index is 0.00000116. The Morgan fingerprint density at radius 1 is 1.14 bits per heavy atom. The van der Waals surface area contributed by atoms with Crippen molar-refractivity contribution in [3.8, 4) is 0 Å². The summed E-state index contributed by atoms with van der Waals surface area (Å²) in [6, 6.07) is 0. The van der Waals surface area contributed by atoms with Crippen LogP contribution in [0, 0.1) is 0 Å². The molecule has 2 rings (SSSR count). The second-order valence-corrected chi connectivity index (χ2v) is 6.58. The zero-order valence-corrected chi connectivity index (χ0v) is 15.0. The van der Waals surface area contributed by atoms with Crippen molar-refractivity contribution in [3.63, 3.8) is 0 Å². The fourth-order valence-electron chi connectivity index (χ4n) is 2.28. The fourth-order valence-corrected chi connectivity index (χ4v) is 2.28. The predicted octanol–water partition coefficient (Wildman–Crippen LogP) is 2.60. The molecule has 3 N–H and O–H groups in total. The van der Waals surface area contributed by atoms with Gasteiger partial charge in [0.15, 0.2) is 0 Å². The molecule has 0 aliphatic carbocycles. The maximum Gasteiger partial charge on any atom is 0.479 e. The van der Waals surface area contributed by atoms with Crippen molar-refractivity contribution in [1.29, 1.82) is 0 Å². The number of rotatable bonds is 4. The van der Waals surface area contributed by atoms with Crippen LogP contribution in [0.25, 0.3) is 0 Å². The Bertz CT molecular complexity index is 339. The molecule has 0 aromatic rings. The third-order valence-electron chi connectivity index (χ3n) is 4.37. The highest BCUT2D eigenvalue weighted by atomic mass is 16.7. The molecule has 2 fully saturated rings. The van der Waals surface area contributed by atoms with E-state index in [9.17, 15) is 0 Å². The van der Waals surface area contributed by atoms with Gasteiger partial charge in [-0.2, -0.15) is 0 Å². The van der Waals surface area contributed by atoms with E-state index in [1.807, 2.05) is 53.8 Å². The molecule has 2 atom stereocenters. The van der Waals surface area contributed by atoms with E-state index in [2.05, 4.69) is 5.32 Å². The first-order valence-corrected chi connectivity index (χ1v) is 8.47. The van der Waals surface area contributed by atoms with Crippen LogP contribution in [0.3, 0.4) is 0 Å². The standard InChI is InChI=1S/C14H27BN2O3.C2H6/c1-13(2)14(3,4)20-15(19-13)11(16)8-9-17-12-7-5-6-10-18-12;1-2/h8-9,11-12,17H,5-7,10,16H2,1-4H3;1-2H3/b9-8-;. The van der Waals surface area contributed by atoms with Gasteiger partial charge in [-0.05, 0) is 53.2 Å². The molecule has 0 amide bonds. The van der Waals surface area contributed by atoms with Crippen LogP contribution in [-0.2, 0) is 14.0 Å². The van der Waals surface area contributed by atoms with E-state index in [1.54, 1.807) is 0 Å². The van der Waals surface area contributed by atoms with Crippen LogP contribution in [0.2, 0.25) is 0 Å². The van der Waals surface area contributed by atoms with E-state index in [0.717, 1.165) is 19.4 Å². The number of nitrogens with two attached hydrogens (primary N) is 1. The monoisotopic (exact) mass is 312 g/mol. The lowest BCUT2D eigenvalue weighted by Crippen LogP contribution is -2.41. The number of ether oxygens (including phenoxy) is 1. The Morgan fingerprint density at radius 3 is 2.23 bits per heavy atom. The topological polar surface area (TPSA) is 65.7 Å². The largest absolute Gasteiger partial charge is 0.479 e. The molecule has 0 aromatic carbocycles. The van der Waals surface area contributed by atoms with Gasteiger partial charge in [0.25, 0.3) is 0 Å². The van der Waals surface area contributed by atoms with Crippen molar-refractivity contribution in [2.75, 3.05) is 6.61 Å². The summed E-state index contributed by atoms with van der Waals surface area (Å²) in [6.45, 7) is 12.9. The molecular formula is C16H33BN2O3. The summed E-state index contributed by atoms with van der Waals surface area (Å²) in [7, 11) is -0.412. The fraction of sp³-hybridized carbons (Fsp3) is 0.875. The van der Waals surface area contributed by atoms with Crippen molar-refractivity contribution in [2.45, 2.75) is 84.2 Å². The molecule has 6 heteroatoms. The zero-order chi connectivity index (χ0) is 16.8. The summed E-state index contributed by atoms with van der Waals surface area (Å²) in [5, 5.41) is 3.22. The summed E-state index contributed by atoms with van der Waals surface area (Å²) < 4.78 is 17.4. The Hall–Kier alpha value is -0.555. The van der Waals surface area contributed by atoms with Gasteiger partial charge in [-0.25, -0.2) is 0 Å². The summed E-state index contributed by atoms with van der Waals surface area (Å²) in [6.07, 6.45) is 7.22. The van der Waals surface area contributed by atoms with Gasteiger partial charge < -0.3 is 25.1 Å². The van der Waals surface area contributed by atoms with Crippen LogP contribution in [0.5, 0.6) is 0 Å². The minimum absolute atomic E-state index is 0.102. The van der Waals surface area contributed by atoms with Gasteiger partial charge in [0.1, 0.15) is 6.23 Å². The second kappa shape index (κ2) is 8.34. The Labute approximate surface area is 136 Å². The molecule has 0 radical (unpaired) electrons. The lowest BCUT2D eigenvalue weighted by molar-refractivity contribution is 0.00331. The minimum atomic E-state index is -0.412. The Kier molecular flexibility index (Phi) is 7.39. The normalized spacial score (nSPS) is 28.1. The smallest absolute Gasteiger partial charge is 0.402 e. The van der Waals surface area contributed by atoms with E-state index in [0.29, 0.717) is 0 Å². The van der Waals surface area contributed by atoms with Crippen LogP contribution in [0.1, 0.15) is 60.8 Å². The summed E-state index contributed by atoms with van der Waals surface area (Å²) in [5.74, 6) is -0.299. The lowest BCUT2D eigenvalue weighted by Gasteiger charge is -2.32. The molecule has 2 unspecified atom stereocenters. The molecule has 2 aliphatic rings. The number of hydrogen-bond donors (Lipinski definition) is 2. The van der Waals surface area contributed by atoms with E-state index in [4.69, 9.17) is 19.8 Å². The van der Waals surface area contributed by atoms with Crippen molar-refractivity contribution in [1.82, 2.24) is 5.32 Å². The first-order valence-electron chi connectivity index (χ1n) is 8.47. The first kappa shape index (κ1) is 19.5. The van der Waals surface area contributed by atoms with E-state index in [-0.39, 0.29) is 23.4 Å². The first-order chi connectivity index (χ1) is 10.3. The maximum atomic E-state index is 6.12. The van der Waals surface area contributed by atoms with Crippen LogP contribution < -0.4 is 11.1 Å². The van der Waals surface area contributed by atoms with E-state index < -0.39 is 7.12 Å². The maximum absolute atomic E-state index is 6.12. The highest BCUT2D eigenvalue weighted by Gasteiger charge is 2.52. The van der Waals surface area contributed by atoms with Crippen molar-refractivity contribution >= 4 is 7.12 Å². The van der Waals surface area contributed by atoms with Gasteiger partial charge in [-0.1, -0.05) is 19.9 Å². The third kappa shape index (κ3) is 4.98. The van der Waals surface area contributed by atoms with Crippen LogP contribution >= 0.6 is 0 Å². The zero-order valence-electron chi connectivity index (χ0n) is 15.0. The van der Waals surface area contributed by atoms with Gasteiger partial charge in [0, 0.05) is 6.61 Å². The van der Waals surface area contributed by atoms with Gasteiger partial charge >= 0.3 is 7.12 Å². The summed E-state index contributed by atoms with van der Waals surface area (Å²) >= 11 is 0. The highest BCUT2D eigenvalue weighted by molar-refractivity contribution is 6.48. The molecule has 0 bridgehead atoms. The van der Waals surface area contributed by atoms with Gasteiger partial charge in [0.05, 0.1) is 17.1 Å². The van der Waals surface area contributed by atoms with E-state index in [1.165, 1.54) is 6.42 Å². The molecule has 0 spiro atoms. The van der Waals surface area contributed by atoms with Crippen LogP contribution in [0.4, 0.5) is 0 Å². The van der Waals surface area contributed by atoms with Gasteiger partial charge in [-0.3, -0.25) is 0 Å². The third-order valence-corrected chi connectivity index (χ3v) is 4.37. The molecule has 2 aliphatic heterocycles. The van der Waals surface area contributed by atoms with Crippen molar-refractivity contribution in [3.05, 3.63) is 12.3 Å².